The number of aromatic amines is 1. The van der Waals surface area contributed by atoms with Crippen LogP contribution in [0, 0.1) is 0 Å². The zero-order valence-electron chi connectivity index (χ0n) is 12.8. The Hall–Kier alpha value is -2.32. The van der Waals surface area contributed by atoms with Crippen molar-refractivity contribution in [3.05, 3.63) is 48.5 Å². The average Bonchev–Trinajstić information content (AvgIpc) is 2.95. The van der Waals surface area contributed by atoms with Gasteiger partial charge in [0, 0.05) is 6.26 Å². The van der Waals surface area contributed by atoms with Gasteiger partial charge in [-0.1, -0.05) is 36.0 Å². The molecule has 0 aliphatic heterocycles. The smallest absolute Gasteiger partial charge is 0.234 e. The van der Waals surface area contributed by atoms with Crippen LogP contribution in [-0.2, 0) is 14.6 Å². The minimum atomic E-state index is -3.40. The van der Waals surface area contributed by atoms with Gasteiger partial charge in [0.2, 0.25) is 5.91 Å². The lowest BCUT2D eigenvalue weighted by Crippen LogP contribution is -2.16. The monoisotopic (exact) mass is 361 g/mol. The minimum Gasteiger partial charge on any atom is -0.333 e. The second-order valence-corrected chi connectivity index (χ2v) is 8.11. The number of anilines is 1. The lowest BCUT2D eigenvalue weighted by Gasteiger charge is -2.09. The Labute approximate surface area is 143 Å². The van der Waals surface area contributed by atoms with Crippen molar-refractivity contribution in [1.29, 1.82) is 0 Å². The number of para-hydroxylation sites is 3. The number of aromatic nitrogens is 2. The van der Waals surface area contributed by atoms with E-state index < -0.39 is 9.84 Å². The fraction of sp³-hybridized carbons (Fsp3) is 0.125. The summed E-state index contributed by atoms with van der Waals surface area (Å²) in [6, 6.07) is 13.9. The molecule has 3 aromatic rings. The molecule has 0 saturated heterocycles. The number of hydrogen-bond acceptors (Lipinski definition) is 5. The third-order valence-corrected chi connectivity index (χ3v) is 5.30. The summed E-state index contributed by atoms with van der Waals surface area (Å²) in [5, 5.41) is 3.28. The molecule has 0 unspecified atom stereocenters. The van der Waals surface area contributed by atoms with E-state index in [1.165, 1.54) is 17.8 Å². The molecule has 1 aromatic heterocycles. The number of nitrogens with zero attached hydrogens (tertiary/aromatic N) is 1. The van der Waals surface area contributed by atoms with Crippen molar-refractivity contribution in [3.63, 3.8) is 0 Å². The number of imidazole rings is 1. The number of carbonyl (C=O) groups is 1. The molecule has 0 aliphatic carbocycles. The van der Waals surface area contributed by atoms with Gasteiger partial charge in [0.1, 0.15) is 0 Å². The van der Waals surface area contributed by atoms with Gasteiger partial charge in [0.05, 0.1) is 27.4 Å². The van der Waals surface area contributed by atoms with Crippen LogP contribution in [0.5, 0.6) is 0 Å². The zero-order valence-corrected chi connectivity index (χ0v) is 14.4. The molecule has 1 amide bonds. The molecule has 1 heterocycles. The number of amides is 1. The number of nitrogens with one attached hydrogen (secondary N) is 2. The maximum absolute atomic E-state index is 12.1. The van der Waals surface area contributed by atoms with Crippen LogP contribution in [0.25, 0.3) is 11.0 Å². The lowest BCUT2D eigenvalue weighted by atomic mass is 10.3. The van der Waals surface area contributed by atoms with E-state index in [2.05, 4.69) is 15.3 Å². The third-order valence-electron chi connectivity index (χ3n) is 3.27. The number of sulfone groups is 1. The topological polar surface area (TPSA) is 91.9 Å². The van der Waals surface area contributed by atoms with Gasteiger partial charge in [0.25, 0.3) is 0 Å². The molecule has 2 N–H and O–H groups in total. The molecule has 0 fully saturated rings. The van der Waals surface area contributed by atoms with E-state index in [4.69, 9.17) is 0 Å². The molecule has 2 aromatic carbocycles. The number of hydrogen-bond donors (Lipinski definition) is 2. The fourth-order valence-electron chi connectivity index (χ4n) is 2.21. The first-order valence-corrected chi connectivity index (χ1v) is 9.98. The molecule has 6 nitrogen and oxygen atoms in total. The number of fused-ring (bicyclic) bond motifs is 1. The van der Waals surface area contributed by atoms with Gasteiger partial charge in [-0.2, -0.15) is 0 Å². The maximum Gasteiger partial charge on any atom is 0.234 e. The van der Waals surface area contributed by atoms with Crippen LogP contribution < -0.4 is 5.32 Å². The van der Waals surface area contributed by atoms with Crippen LogP contribution in [0.3, 0.4) is 0 Å². The van der Waals surface area contributed by atoms with Crippen molar-refractivity contribution in [2.24, 2.45) is 0 Å². The van der Waals surface area contributed by atoms with Crippen LogP contribution in [-0.4, -0.2) is 36.3 Å². The van der Waals surface area contributed by atoms with E-state index in [1.807, 2.05) is 24.3 Å². The summed E-state index contributed by atoms with van der Waals surface area (Å²) in [5.74, 6) is -0.172. The van der Waals surface area contributed by atoms with E-state index in [1.54, 1.807) is 18.2 Å². The second kappa shape index (κ2) is 6.66. The SMILES string of the molecule is CS(=O)(=O)c1ccccc1NC(=O)CSc1nc2ccccc2[nH]1. The number of H-pyrrole nitrogens is 1. The highest BCUT2D eigenvalue weighted by Gasteiger charge is 2.15. The summed E-state index contributed by atoms with van der Waals surface area (Å²) in [4.78, 5) is 19.7. The van der Waals surface area contributed by atoms with Crippen LogP contribution in [0.4, 0.5) is 5.69 Å². The van der Waals surface area contributed by atoms with Crippen LogP contribution >= 0.6 is 11.8 Å². The maximum atomic E-state index is 12.1. The van der Waals surface area contributed by atoms with Crippen molar-refractivity contribution < 1.29 is 13.2 Å². The van der Waals surface area contributed by atoms with Crippen LogP contribution in [0.1, 0.15) is 0 Å². The number of thioether (sulfide) groups is 1. The first kappa shape index (κ1) is 16.5. The summed E-state index contributed by atoms with van der Waals surface area (Å²) < 4.78 is 23.5. The van der Waals surface area contributed by atoms with Gasteiger partial charge < -0.3 is 10.3 Å². The van der Waals surface area contributed by atoms with Crippen molar-refractivity contribution >= 4 is 44.2 Å². The van der Waals surface area contributed by atoms with Gasteiger partial charge in [-0.3, -0.25) is 4.79 Å². The number of rotatable bonds is 5. The Balaban J connectivity index is 1.68. The molecule has 0 spiro atoms. The standard InChI is InChI=1S/C16H15N3O3S2/c1-24(21,22)14-9-5-4-8-13(14)17-15(20)10-23-16-18-11-6-2-3-7-12(11)19-16/h2-9H,10H2,1H3,(H,17,20)(H,18,19). The molecule has 24 heavy (non-hydrogen) atoms. The highest BCUT2D eigenvalue weighted by molar-refractivity contribution is 7.99. The number of benzene rings is 2. The van der Waals surface area contributed by atoms with Gasteiger partial charge in [-0.15, -0.1) is 0 Å². The van der Waals surface area contributed by atoms with E-state index in [0.717, 1.165) is 17.3 Å². The summed E-state index contributed by atoms with van der Waals surface area (Å²) in [6.45, 7) is 0. The Kier molecular flexibility index (Phi) is 4.59. The third kappa shape index (κ3) is 3.77. The summed E-state index contributed by atoms with van der Waals surface area (Å²) >= 11 is 1.26. The first-order chi connectivity index (χ1) is 11.4. The largest absolute Gasteiger partial charge is 0.333 e. The van der Waals surface area contributed by atoms with Gasteiger partial charge in [-0.25, -0.2) is 13.4 Å². The minimum absolute atomic E-state index is 0.104. The van der Waals surface area contributed by atoms with E-state index in [-0.39, 0.29) is 22.2 Å². The van der Waals surface area contributed by atoms with Gasteiger partial charge >= 0.3 is 0 Å². The van der Waals surface area contributed by atoms with Crippen LogP contribution in [0.2, 0.25) is 0 Å². The Morgan fingerprint density at radius 1 is 1.17 bits per heavy atom. The Morgan fingerprint density at radius 2 is 1.88 bits per heavy atom. The van der Waals surface area contributed by atoms with E-state index in [9.17, 15) is 13.2 Å². The van der Waals surface area contributed by atoms with Crippen molar-refractivity contribution in [2.75, 3.05) is 17.3 Å². The highest BCUT2D eigenvalue weighted by Crippen LogP contribution is 2.22. The lowest BCUT2D eigenvalue weighted by molar-refractivity contribution is -0.113. The fourth-order valence-corrected chi connectivity index (χ4v) is 3.74. The molecule has 0 bridgehead atoms. The van der Waals surface area contributed by atoms with Crippen molar-refractivity contribution in [3.8, 4) is 0 Å². The molecule has 0 radical (unpaired) electrons. The average molecular weight is 361 g/mol. The van der Waals surface area contributed by atoms with Gasteiger partial charge in [-0.05, 0) is 24.3 Å². The highest BCUT2D eigenvalue weighted by atomic mass is 32.2. The zero-order chi connectivity index (χ0) is 17.2. The Bertz CT molecular complexity index is 963. The molecule has 0 atom stereocenters. The van der Waals surface area contributed by atoms with Crippen LogP contribution in [0.15, 0.2) is 58.6 Å². The molecule has 8 heteroatoms. The summed E-state index contributed by atoms with van der Waals surface area (Å²) in [6.07, 6.45) is 1.11. The summed E-state index contributed by atoms with van der Waals surface area (Å²) in [5.41, 5.74) is 2.03. The summed E-state index contributed by atoms with van der Waals surface area (Å²) in [7, 11) is -3.40. The number of carbonyl (C=O) groups excluding carboxylic acids is 1. The van der Waals surface area contributed by atoms with Crippen molar-refractivity contribution in [2.45, 2.75) is 10.1 Å². The predicted octanol–water partition coefficient (Wildman–Crippen LogP) is 2.70. The second-order valence-electron chi connectivity index (χ2n) is 5.16. The van der Waals surface area contributed by atoms with E-state index in [0.29, 0.717) is 5.16 Å². The molecular formula is C16H15N3O3S2. The van der Waals surface area contributed by atoms with E-state index >= 15 is 0 Å². The molecule has 124 valence electrons. The molecule has 0 saturated carbocycles. The molecular weight excluding hydrogens is 346 g/mol. The predicted molar refractivity (Wildman–Crippen MR) is 95.0 cm³/mol. The quantitative estimate of drug-likeness (QED) is 0.682. The molecule has 0 aliphatic rings. The Morgan fingerprint density at radius 3 is 2.62 bits per heavy atom. The van der Waals surface area contributed by atoms with Gasteiger partial charge in [0.15, 0.2) is 15.0 Å². The normalized spacial score (nSPS) is 11.5. The van der Waals surface area contributed by atoms with Crippen molar-refractivity contribution in [1.82, 2.24) is 9.97 Å². The first-order valence-electron chi connectivity index (χ1n) is 7.10. The molecule has 3 rings (SSSR count).